The number of aliphatic hydroxyl groups excluding tert-OH is 1. The molecule has 0 aliphatic heterocycles. The van der Waals surface area contributed by atoms with Crippen molar-refractivity contribution in [1.82, 2.24) is 9.97 Å². The van der Waals surface area contributed by atoms with Crippen LogP contribution in [-0.2, 0) is 6.61 Å². The maximum absolute atomic E-state index is 9.00. The highest BCUT2D eigenvalue weighted by molar-refractivity contribution is 5.73. The number of anilines is 1. The van der Waals surface area contributed by atoms with Crippen molar-refractivity contribution >= 4 is 5.82 Å². The molecule has 0 unspecified atom stereocenters. The van der Waals surface area contributed by atoms with Crippen LogP contribution in [0, 0.1) is 0 Å². The van der Waals surface area contributed by atoms with Crippen LogP contribution in [0.1, 0.15) is 5.56 Å². The summed E-state index contributed by atoms with van der Waals surface area (Å²) < 4.78 is 0. The van der Waals surface area contributed by atoms with Crippen LogP contribution in [0.2, 0.25) is 0 Å². The fourth-order valence-corrected chi connectivity index (χ4v) is 1.36. The Morgan fingerprint density at radius 2 is 2.20 bits per heavy atom. The third-order valence-corrected chi connectivity index (χ3v) is 2.13. The van der Waals surface area contributed by atoms with Crippen LogP contribution in [-0.4, -0.2) is 15.1 Å². The van der Waals surface area contributed by atoms with E-state index in [1.165, 1.54) is 0 Å². The first-order valence-electron chi connectivity index (χ1n) is 4.57. The molecule has 0 amide bonds. The van der Waals surface area contributed by atoms with Crippen molar-refractivity contribution in [2.45, 2.75) is 6.61 Å². The molecule has 0 fully saturated rings. The van der Waals surface area contributed by atoms with Gasteiger partial charge in [-0.25, -0.2) is 4.98 Å². The van der Waals surface area contributed by atoms with Crippen LogP contribution < -0.4 is 5.73 Å². The molecule has 0 aliphatic rings. The maximum Gasteiger partial charge on any atom is 0.131 e. The highest BCUT2D eigenvalue weighted by Gasteiger charge is 2.04. The third kappa shape index (κ3) is 1.94. The van der Waals surface area contributed by atoms with Gasteiger partial charge in [-0.15, -0.1) is 0 Å². The normalized spacial score (nSPS) is 10.2. The zero-order chi connectivity index (χ0) is 10.7. The van der Waals surface area contributed by atoms with Gasteiger partial charge in [-0.2, -0.15) is 0 Å². The van der Waals surface area contributed by atoms with Crippen molar-refractivity contribution in [1.29, 1.82) is 0 Å². The van der Waals surface area contributed by atoms with Crippen LogP contribution in [0.15, 0.2) is 36.8 Å². The second-order valence-electron chi connectivity index (χ2n) is 3.18. The van der Waals surface area contributed by atoms with E-state index >= 15 is 0 Å². The Morgan fingerprint density at radius 3 is 2.87 bits per heavy atom. The lowest BCUT2D eigenvalue weighted by molar-refractivity contribution is 0.281. The van der Waals surface area contributed by atoms with E-state index in [4.69, 9.17) is 10.8 Å². The molecular weight excluding hydrogens is 190 g/mol. The predicted octanol–water partition coefficient (Wildman–Crippen LogP) is 1.22. The Bertz CT molecular complexity index is 457. The van der Waals surface area contributed by atoms with E-state index in [0.29, 0.717) is 5.82 Å². The lowest BCUT2D eigenvalue weighted by Gasteiger charge is -2.05. The number of pyridine rings is 2. The number of hydrogen-bond donors (Lipinski definition) is 2. The smallest absolute Gasteiger partial charge is 0.131 e. The molecule has 76 valence electrons. The molecule has 3 N–H and O–H groups in total. The first-order valence-corrected chi connectivity index (χ1v) is 4.57. The first-order chi connectivity index (χ1) is 7.31. The SMILES string of the molecule is Nc1ncc(CO)cc1-c1cccnc1. The van der Waals surface area contributed by atoms with Gasteiger partial charge in [0.1, 0.15) is 5.82 Å². The summed E-state index contributed by atoms with van der Waals surface area (Å²) in [6.07, 6.45) is 4.98. The maximum atomic E-state index is 9.00. The Hall–Kier alpha value is -1.94. The highest BCUT2D eigenvalue weighted by atomic mass is 16.3. The van der Waals surface area contributed by atoms with E-state index < -0.39 is 0 Å². The van der Waals surface area contributed by atoms with Gasteiger partial charge in [0.2, 0.25) is 0 Å². The number of hydrogen-bond acceptors (Lipinski definition) is 4. The van der Waals surface area contributed by atoms with Crippen LogP contribution in [0.3, 0.4) is 0 Å². The molecule has 0 saturated heterocycles. The standard InChI is InChI=1S/C11H11N3O/c12-11-10(4-8(7-15)5-14-11)9-2-1-3-13-6-9/h1-6,15H,7H2,(H2,12,14). The number of nitrogens with two attached hydrogens (primary N) is 1. The van der Waals surface area contributed by atoms with Gasteiger partial charge in [-0.05, 0) is 17.7 Å². The van der Waals surface area contributed by atoms with E-state index in [1.807, 2.05) is 18.2 Å². The summed E-state index contributed by atoms with van der Waals surface area (Å²) in [6.45, 7) is -0.0411. The number of aromatic nitrogens is 2. The molecule has 15 heavy (non-hydrogen) atoms. The van der Waals surface area contributed by atoms with Gasteiger partial charge in [-0.1, -0.05) is 6.07 Å². The summed E-state index contributed by atoms with van der Waals surface area (Å²) in [6, 6.07) is 5.56. The molecular formula is C11H11N3O. The number of rotatable bonds is 2. The van der Waals surface area contributed by atoms with Crippen molar-refractivity contribution in [2.75, 3.05) is 5.73 Å². The van der Waals surface area contributed by atoms with Gasteiger partial charge in [-0.3, -0.25) is 4.98 Å². The predicted molar refractivity (Wildman–Crippen MR) is 57.8 cm³/mol. The largest absolute Gasteiger partial charge is 0.392 e. The second-order valence-corrected chi connectivity index (χ2v) is 3.18. The third-order valence-electron chi connectivity index (χ3n) is 2.13. The molecule has 2 aromatic rings. The Labute approximate surface area is 87.4 Å². The lowest BCUT2D eigenvalue weighted by atomic mass is 10.1. The highest BCUT2D eigenvalue weighted by Crippen LogP contribution is 2.23. The lowest BCUT2D eigenvalue weighted by Crippen LogP contribution is -1.96. The van der Waals surface area contributed by atoms with Crippen molar-refractivity contribution in [3.63, 3.8) is 0 Å². The first kappa shape index (κ1) is 9.61. The summed E-state index contributed by atoms with van der Waals surface area (Å²) in [7, 11) is 0. The van der Waals surface area contributed by atoms with E-state index in [1.54, 1.807) is 18.6 Å². The van der Waals surface area contributed by atoms with Gasteiger partial charge in [0.25, 0.3) is 0 Å². The number of aliphatic hydroxyl groups is 1. The second kappa shape index (κ2) is 4.06. The molecule has 0 atom stereocenters. The molecule has 2 aromatic heterocycles. The minimum absolute atomic E-state index is 0.0411. The minimum Gasteiger partial charge on any atom is -0.392 e. The van der Waals surface area contributed by atoms with Crippen molar-refractivity contribution in [2.24, 2.45) is 0 Å². The summed E-state index contributed by atoms with van der Waals surface area (Å²) in [4.78, 5) is 8.03. The fourth-order valence-electron chi connectivity index (χ4n) is 1.36. The van der Waals surface area contributed by atoms with E-state index in [-0.39, 0.29) is 6.61 Å². The topological polar surface area (TPSA) is 72.0 Å². The monoisotopic (exact) mass is 201 g/mol. The molecule has 4 heteroatoms. The summed E-state index contributed by atoms with van der Waals surface area (Å²) in [5.74, 6) is 0.445. The average molecular weight is 201 g/mol. The van der Waals surface area contributed by atoms with Crippen LogP contribution in [0.4, 0.5) is 5.82 Å². The Kier molecular flexibility index (Phi) is 2.60. The van der Waals surface area contributed by atoms with E-state index in [0.717, 1.165) is 16.7 Å². The Morgan fingerprint density at radius 1 is 1.33 bits per heavy atom. The quantitative estimate of drug-likeness (QED) is 0.766. The molecule has 0 aliphatic carbocycles. The molecule has 2 heterocycles. The zero-order valence-electron chi connectivity index (χ0n) is 8.09. The van der Waals surface area contributed by atoms with Gasteiger partial charge in [0, 0.05) is 29.7 Å². The molecule has 4 nitrogen and oxygen atoms in total. The van der Waals surface area contributed by atoms with Gasteiger partial charge in [0.05, 0.1) is 6.61 Å². The van der Waals surface area contributed by atoms with E-state index in [9.17, 15) is 0 Å². The molecule has 0 radical (unpaired) electrons. The number of nitrogens with zero attached hydrogens (tertiary/aromatic N) is 2. The van der Waals surface area contributed by atoms with Gasteiger partial charge in [0.15, 0.2) is 0 Å². The van der Waals surface area contributed by atoms with Crippen molar-refractivity contribution < 1.29 is 5.11 Å². The molecule has 0 saturated carbocycles. The summed E-state index contributed by atoms with van der Waals surface area (Å²) in [5.41, 5.74) is 8.20. The minimum atomic E-state index is -0.0411. The molecule has 2 rings (SSSR count). The van der Waals surface area contributed by atoms with Crippen LogP contribution in [0.5, 0.6) is 0 Å². The van der Waals surface area contributed by atoms with E-state index in [2.05, 4.69) is 9.97 Å². The molecule has 0 bridgehead atoms. The van der Waals surface area contributed by atoms with Gasteiger partial charge < -0.3 is 10.8 Å². The number of nitrogen functional groups attached to an aromatic ring is 1. The zero-order valence-corrected chi connectivity index (χ0v) is 8.09. The molecule has 0 aromatic carbocycles. The van der Waals surface area contributed by atoms with Crippen LogP contribution >= 0.6 is 0 Å². The average Bonchev–Trinajstić information content (AvgIpc) is 2.31. The van der Waals surface area contributed by atoms with Gasteiger partial charge >= 0.3 is 0 Å². The summed E-state index contributed by atoms with van der Waals surface area (Å²) >= 11 is 0. The summed E-state index contributed by atoms with van der Waals surface area (Å²) in [5, 5.41) is 9.00. The fraction of sp³-hybridized carbons (Fsp3) is 0.0909. The van der Waals surface area contributed by atoms with Crippen LogP contribution in [0.25, 0.3) is 11.1 Å². The Balaban J connectivity index is 2.52. The molecule has 0 spiro atoms. The van der Waals surface area contributed by atoms with Crippen molar-refractivity contribution in [3.8, 4) is 11.1 Å². The van der Waals surface area contributed by atoms with Crippen molar-refractivity contribution in [3.05, 3.63) is 42.4 Å².